The Labute approximate surface area is 138 Å². The molecule has 0 radical (unpaired) electrons. The minimum absolute atomic E-state index is 0.0610. The monoisotopic (exact) mass is 308 g/mol. The Kier molecular flexibility index (Phi) is 3.59. The number of hydrogen-bond acceptors (Lipinski definition) is 2. The normalized spacial score (nSPS) is 17.1. The molecule has 1 unspecified atom stereocenters. The fraction of sp³-hybridized carbons (Fsp3) is 0.381. The fourth-order valence-electron chi connectivity index (χ4n) is 3.23. The van der Waals surface area contributed by atoms with Crippen LogP contribution in [0.15, 0.2) is 30.3 Å². The van der Waals surface area contributed by atoms with Crippen LogP contribution in [0.2, 0.25) is 0 Å². The van der Waals surface area contributed by atoms with Gasteiger partial charge in [-0.25, -0.2) is 0 Å². The highest BCUT2D eigenvalue weighted by atomic mass is 16.5. The molecule has 3 rings (SSSR count). The van der Waals surface area contributed by atoms with Crippen LogP contribution in [-0.4, -0.2) is 5.97 Å². The van der Waals surface area contributed by atoms with Gasteiger partial charge in [-0.05, 0) is 42.9 Å². The molecule has 1 atom stereocenters. The van der Waals surface area contributed by atoms with Crippen molar-refractivity contribution in [2.24, 2.45) is 0 Å². The van der Waals surface area contributed by atoms with Crippen LogP contribution < -0.4 is 4.74 Å². The van der Waals surface area contributed by atoms with Crippen LogP contribution in [0.25, 0.3) is 0 Å². The Hall–Kier alpha value is -2.09. The summed E-state index contributed by atoms with van der Waals surface area (Å²) in [6, 6.07) is 10.5. The second kappa shape index (κ2) is 5.23. The summed E-state index contributed by atoms with van der Waals surface area (Å²) in [4.78, 5) is 12.6. The first-order valence-electron chi connectivity index (χ1n) is 8.12. The molecule has 0 saturated carbocycles. The summed E-state index contributed by atoms with van der Waals surface area (Å²) in [6.07, 6.45) is 0. The second-order valence-electron chi connectivity index (χ2n) is 7.68. The van der Waals surface area contributed by atoms with Crippen molar-refractivity contribution in [1.82, 2.24) is 0 Å². The molecule has 2 aromatic rings. The third kappa shape index (κ3) is 2.67. The van der Waals surface area contributed by atoms with E-state index in [-0.39, 0.29) is 17.3 Å². The molecule has 2 nitrogen and oxygen atoms in total. The van der Waals surface area contributed by atoms with Gasteiger partial charge in [-0.15, -0.1) is 0 Å². The lowest BCUT2D eigenvalue weighted by Gasteiger charge is -2.22. The van der Waals surface area contributed by atoms with Gasteiger partial charge in [-0.3, -0.25) is 4.79 Å². The first-order chi connectivity index (χ1) is 10.7. The molecule has 0 spiro atoms. The van der Waals surface area contributed by atoms with Crippen molar-refractivity contribution in [3.63, 3.8) is 0 Å². The molecule has 0 fully saturated rings. The van der Waals surface area contributed by atoms with Crippen LogP contribution in [0.3, 0.4) is 0 Å². The maximum Gasteiger partial charge on any atom is 0.323 e. The average Bonchev–Trinajstić information content (AvgIpc) is 2.76. The third-order valence-corrected chi connectivity index (χ3v) is 4.68. The van der Waals surface area contributed by atoms with Crippen LogP contribution in [0, 0.1) is 20.8 Å². The fourth-order valence-corrected chi connectivity index (χ4v) is 3.23. The standard InChI is InChI=1S/C21H24O2/c1-12-9-16-18(15-8-7-13(2)14(3)11-15)20(22)23-19(16)17(10-12)21(4,5)6/h7-11,18H,1-6H3. The van der Waals surface area contributed by atoms with Crippen molar-refractivity contribution in [3.05, 3.63) is 63.7 Å². The number of carbonyl (C=O) groups is 1. The topological polar surface area (TPSA) is 26.3 Å². The van der Waals surface area contributed by atoms with E-state index in [1.807, 2.05) is 6.07 Å². The smallest absolute Gasteiger partial charge is 0.323 e. The number of esters is 1. The van der Waals surface area contributed by atoms with Crippen molar-refractivity contribution in [2.45, 2.75) is 52.9 Å². The lowest BCUT2D eigenvalue weighted by Crippen LogP contribution is -2.14. The molecule has 0 amide bonds. The van der Waals surface area contributed by atoms with Gasteiger partial charge in [0.2, 0.25) is 0 Å². The lowest BCUT2D eigenvalue weighted by molar-refractivity contribution is -0.133. The van der Waals surface area contributed by atoms with Crippen LogP contribution in [0.4, 0.5) is 0 Å². The summed E-state index contributed by atoms with van der Waals surface area (Å²) in [5.41, 5.74) is 6.67. The number of hydrogen-bond donors (Lipinski definition) is 0. The number of rotatable bonds is 1. The van der Waals surface area contributed by atoms with E-state index in [1.54, 1.807) is 0 Å². The van der Waals surface area contributed by atoms with E-state index in [1.165, 1.54) is 16.7 Å². The van der Waals surface area contributed by atoms with Crippen molar-refractivity contribution in [1.29, 1.82) is 0 Å². The molecule has 0 aliphatic carbocycles. The van der Waals surface area contributed by atoms with Gasteiger partial charge in [0.1, 0.15) is 11.7 Å². The molecule has 2 heteroatoms. The van der Waals surface area contributed by atoms with E-state index in [0.29, 0.717) is 0 Å². The van der Waals surface area contributed by atoms with E-state index in [9.17, 15) is 4.79 Å². The molecule has 2 aromatic carbocycles. The first kappa shape index (κ1) is 15.8. The summed E-state index contributed by atoms with van der Waals surface area (Å²) in [5, 5.41) is 0. The van der Waals surface area contributed by atoms with Crippen molar-refractivity contribution in [3.8, 4) is 5.75 Å². The zero-order chi connectivity index (χ0) is 16.9. The number of carbonyl (C=O) groups excluding carboxylic acids is 1. The summed E-state index contributed by atoms with van der Waals surface area (Å²) in [7, 11) is 0. The van der Waals surface area contributed by atoms with Crippen molar-refractivity contribution in [2.75, 3.05) is 0 Å². The zero-order valence-electron chi connectivity index (χ0n) is 14.8. The highest BCUT2D eigenvalue weighted by Crippen LogP contribution is 2.45. The largest absolute Gasteiger partial charge is 0.425 e. The zero-order valence-corrected chi connectivity index (χ0v) is 14.8. The molecular weight excluding hydrogens is 284 g/mol. The van der Waals surface area contributed by atoms with E-state index in [2.05, 4.69) is 65.8 Å². The molecule has 0 aromatic heterocycles. The van der Waals surface area contributed by atoms with Gasteiger partial charge in [0.05, 0.1) is 0 Å². The quantitative estimate of drug-likeness (QED) is 0.550. The maximum absolute atomic E-state index is 12.6. The predicted octanol–water partition coefficient (Wildman–Crippen LogP) is 4.96. The van der Waals surface area contributed by atoms with Gasteiger partial charge in [0, 0.05) is 11.1 Å². The van der Waals surface area contributed by atoms with Gasteiger partial charge in [0.25, 0.3) is 0 Å². The minimum Gasteiger partial charge on any atom is -0.425 e. The van der Waals surface area contributed by atoms with E-state index >= 15 is 0 Å². The van der Waals surface area contributed by atoms with Crippen LogP contribution in [0.5, 0.6) is 5.75 Å². The van der Waals surface area contributed by atoms with Crippen molar-refractivity contribution >= 4 is 5.97 Å². The van der Waals surface area contributed by atoms with Gasteiger partial charge >= 0.3 is 5.97 Å². The molecule has 1 aliphatic rings. The molecule has 0 N–H and O–H groups in total. The van der Waals surface area contributed by atoms with Crippen LogP contribution in [-0.2, 0) is 10.2 Å². The Bertz CT molecular complexity index is 794. The van der Waals surface area contributed by atoms with Gasteiger partial charge in [-0.2, -0.15) is 0 Å². The van der Waals surface area contributed by atoms with Crippen LogP contribution >= 0.6 is 0 Å². The van der Waals surface area contributed by atoms with Crippen molar-refractivity contribution < 1.29 is 9.53 Å². The lowest BCUT2D eigenvalue weighted by atomic mass is 9.82. The number of fused-ring (bicyclic) bond motifs is 1. The summed E-state index contributed by atoms with van der Waals surface area (Å²) >= 11 is 0. The Balaban J connectivity index is 2.20. The molecule has 23 heavy (non-hydrogen) atoms. The Morgan fingerprint density at radius 2 is 1.65 bits per heavy atom. The average molecular weight is 308 g/mol. The van der Waals surface area contributed by atoms with Gasteiger partial charge in [0.15, 0.2) is 0 Å². The molecule has 1 aliphatic heterocycles. The maximum atomic E-state index is 12.6. The third-order valence-electron chi connectivity index (χ3n) is 4.68. The summed E-state index contributed by atoms with van der Waals surface area (Å²) in [6.45, 7) is 12.7. The van der Waals surface area contributed by atoms with E-state index in [0.717, 1.165) is 22.4 Å². The number of ether oxygens (including phenoxy) is 1. The Morgan fingerprint density at radius 3 is 2.26 bits per heavy atom. The molecular formula is C21H24O2. The van der Waals surface area contributed by atoms with Gasteiger partial charge < -0.3 is 4.74 Å². The Morgan fingerprint density at radius 1 is 0.957 bits per heavy atom. The molecule has 0 bridgehead atoms. The van der Waals surface area contributed by atoms with Gasteiger partial charge in [-0.1, -0.05) is 56.7 Å². The number of aryl methyl sites for hydroxylation is 3. The summed E-state index contributed by atoms with van der Waals surface area (Å²) < 4.78 is 5.72. The molecule has 120 valence electrons. The van der Waals surface area contributed by atoms with E-state index in [4.69, 9.17) is 4.74 Å². The SMILES string of the molecule is Cc1cc2c(c(C(C)(C)C)c1)OC(=O)C2c1ccc(C)c(C)c1. The highest BCUT2D eigenvalue weighted by Gasteiger charge is 2.38. The minimum atomic E-state index is -0.315. The predicted molar refractivity (Wildman–Crippen MR) is 93.3 cm³/mol. The second-order valence-corrected chi connectivity index (χ2v) is 7.68. The highest BCUT2D eigenvalue weighted by molar-refractivity contribution is 5.90. The van der Waals surface area contributed by atoms with Crippen LogP contribution in [0.1, 0.15) is 60.1 Å². The first-order valence-corrected chi connectivity index (χ1v) is 8.12. The molecule has 1 heterocycles. The summed E-state index contributed by atoms with van der Waals surface area (Å²) in [5.74, 6) is 0.279. The van der Waals surface area contributed by atoms with E-state index < -0.39 is 0 Å². The molecule has 0 saturated heterocycles. The number of benzene rings is 2.